The maximum Gasteiger partial charge on any atom is 0.341 e. The molecule has 0 saturated carbocycles. The molecule has 1 aromatic rings. The highest BCUT2D eigenvalue weighted by Gasteiger charge is 2.12. The summed E-state index contributed by atoms with van der Waals surface area (Å²) in [6.45, 7) is 6.96. The zero-order valence-electron chi connectivity index (χ0n) is 11.0. The van der Waals surface area contributed by atoms with Crippen molar-refractivity contribution < 1.29 is 18.7 Å². The van der Waals surface area contributed by atoms with Crippen molar-refractivity contribution in [3.05, 3.63) is 35.1 Å². The second-order valence-corrected chi connectivity index (χ2v) is 4.59. The molecule has 0 aliphatic heterocycles. The first kappa shape index (κ1) is 14.6. The molecular formula is C14H19FO3. The van der Waals surface area contributed by atoms with E-state index in [4.69, 9.17) is 9.47 Å². The summed E-state index contributed by atoms with van der Waals surface area (Å²) in [6, 6.07) is 4.35. The van der Waals surface area contributed by atoms with Gasteiger partial charge in [0.25, 0.3) is 0 Å². The molecule has 0 unspecified atom stereocenters. The number of aryl methyl sites for hydroxylation is 1. The highest BCUT2D eigenvalue weighted by atomic mass is 19.1. The fourth-order valence-electron chi connectivity index (χ4n) is 1.39. The molecule has 0 aliphatic rings. The van der Waals surface area contributed by atoms with Gasteiger partial charge in [-0.1, -0.05) is 25.5 Å². The first-order valence-electron chi connectivity index (χ1n) is 6.01. The summed E-state index contributed by atoms with van der Waals surface area (Å²) in [5, 5.41) is 0. The fraction of sp³-hybridized carbons (Fsp3) is 0.500. The van der Waals surface area contributed by atoms with Crippen LogP contribution in [-0.4, -0.2) is 25.8 Å². The molecule has 0 radical (unpaired) electrons. The third kappa shape index (κ3) is 4.84. The van der Waals surface area contributed by atoms with Crippen LogP contribution in [0.1, 0.15) is 29.8 Å². The molecule has 0 aliphatic carbocycles. The molecule has 100 valence electrons. The van der Waals surface area contributed by atoms with E-state index in [1.165, 1.54) is 12.1 Å². The third-order valence-electron chi connectivity index (χ3n) is 2.25. The molecule has 0 atom stereocenters. The van der Waals surface area contributed by atoms with Crippen LogP contribution >= 0.6 is 0 Å². The van der Waals surface area contributed by atoms with Gasteiger partial charge in [-0.15, -0.1) is 0 Å². The second kappa shape index (κ2) is 7.11. The Morgan fingerprint density at radius 1 is 1.33 bits per heavy atom. The zero-order chi connectivity index (χ0) is 13.5. The van der Waals surface area contributed by atoms with Crippen molar-refractivity contribution in [2.75, 3.05) is 19.8 Å². The molecule has 1 aromatic carbocycles. The highest BCUT2D eigenvalue weighted by Crippen LogP contribution is 2.11. The van der Waals surface area contributed by atoms with E-state index in [1.807, 2.05) is 13.8 Å². The van der Waals surface area contributed by atoms with Crippen molar-refractivity contribution in [3.8, 4) is 0 Å². The van der Waals surface area contributed by atoms with E-state index in [9.17, 15) is 9.18 Å². The highest BCUT2D eigenvalue weighted by molar-refractivity contribution is 5.89. The standard InChI is InChI=1S/C14H19FO3/c1-10(2)9-17-6-7-18-14(16)12-8-11(3)4-5-13(12)15/h4-5,8,10H,6-7,9H2,1-3H3. The van der Waals surface area contributed by atoms with Crippen molar-refractivity contribution in [1.29, 1.82) is 0 Å². The van der Waals surface area contributed by atoms with E-state index in [2.05, 4.69) is 0 Å². The van der Waals surface area contributed by atoms with E-state index in [-0.39, 0.29) is 12.2 Å². The van der Waals surface area contributed by atoms with Crippen molar-refractivity contribution in [2.45, 2.75) is 20.8 Å². The largest absolute Gasteiger partial charge is 0.460 e. The lowest BCUT2D eigenvalue weighted by Crippen LogP contribution is -2.14. The Kier molecular flexibility index (Phi) is 5.78. The molecule has 0 amide bonds. The van der Waals surface area contributed by atoms with E-state index in [0.29, 0.717) is 19.1 Å². The molecule has 0 heterocycles. The lowest BCUT2D eigenvalue weighted by atomic mass is 10.1. The minimum Gasteiger partial charge on any atom is -0.460 e. The van der Waals surface area contributed by atoms with Crippen LogP contribution in [0.15, 0.2) is 18.2 Å². The topological polar surface area (TPSA) is 35.5 Å². The molecule has 0 fully saturated rings. The van der Waals surface area contributed by atoms with Crippen LogP contribution in [0.3, 0.4) is 0 Å². The number of halogens is 1. The van der Waals surface area contributed by atoms with Crippen molar-refractivity contribution in [1.82, 2.24) is 0 Å². The molecule has 3 nitrogen and oxygen atoms in total. The lowest BCUT2D eigenvalue weighted by Gasteiger charge is -2.08. The summed E-state index contributed by atoms with van der Waals surface area (Å²) in [6.07, 6.45) is 0. The average Bonchev–Trinajstić information content (AvgIpc) is 2.31. The Morgan fingerprint density at radius 3 is 2.72 bits per heavy atom. The molecule has 18 heavy (non-hydrogen) atoms. The Hall–Kier alpha value is -1.42. The first-order valence-corrected chi connectivity index (χ1v) is 6.01. The van der Waals surface area contributed by atoms with E-state index in [1.54, 1.807) is 13.0 Å². The lowest BCUT2D eigenvalue weighted by molar-refractivity contribution is 0.0273. The monoisotopic (exact) mass is 254 g/mol. The molecule has 0 bridgehead atoms. The minimum atomic E-state index is -0.649. The predicted molar refractivity (Wildman–Crippen MR) is 67.1 cm³/mol. The zero-order valence-corrected chi connectivity index (χ0v) is 11.0. The normalized spacial score (nSPS) is 10.7. The van der Waals surface area contributed by atoms with Gasteiger partial charge in [0.15, 0.2) is 0 Å². The molecule has 0 N–H and O–H groups in total. The Morgan fingerprint density at radius 2 is 2.06 bits per heavy atom. The summed E-state index contributed by atoms with van der Waals surface area (Å²) < 4.78 is 23.6. The van der Waals surface area contributed by atoms with E-state index < -0.39 is 11.8 Å². The van der Waals surface area contributed by atoms with E-state index >= 15 is 0 Å². The van der Waals surface area contributed by atoms with Gasteiger partial charge in [-0.25, -0.2) is 9.18 Å². The minimum absolute atomic E-state index is 0.0288. The number of benzene rings is 1. The van der Waals surface area contributed by atoms with Gasteiger partial charge in [0.1, 0.15) is 12.4 Å². The quantitative estimate of drug-likeness (QED) is 0.578. The van der Waals surface area contributed by atoms with Crippen LogP contribution in [0.5, 0.6) is 0 Å². The molecular weight excluding hydrogens is 235 g/mol. The summed E-state index contributed by atoms with van der Waals surface area (Å²) in [4.78, 5) is 11.6. The second-order valence-electron chi connectivity index (χ2n) is 4.59. The van der Waals surface area contributed by atoms with Gasteiger partial charge in [-0.05, 0) is 25.0 Å². The fourth-order valence-corrected chi connectivity index (χ4v) is 1.39. The maximum absolute atomic E-state index is 13.4. The molecule has 0 spiro atoms. The number of hydrogen-bond acceptors (Lipinski definition) is 3. The van der Waals surface area contributed by atoms with E-state index in [0.717, 1.165) is 5.56 Å². The smallest absolute Gasteiger partial charge is 0.341 e. The van der Waals surface area contributed by atoms with Gasteiger partial charge in [0, 0.05) is 6.61 Å². The van der Waals surface area contributed by atoms with Crippen molar-refractivity contribution >= 4 is 5.97 Å². The number of esters is 1. The Balaban J connectivity index is 2.39. The van der Waals surface area contributed by atoms with Gasteiger partial charge >= 0.3 is 5.97 Å². The van der Waals surface area contributed by atoms with Gasteiger partial charge < -0.3 is 9.47 Å². The molecule has 0 saturated heterocycles. The van der Waals surface area contributed by atoms with Crippen LogP contribution < -0.4 is 0 Å². The third-order valence-corrected chi connectivity index (χ3v) is 2.25. The van der Waals surface area contributed by atoms with Crippen LogP contribution in [-0.2, 0) is 9.47 Å². The van der Waals surface area contributed by atoms with Gasteiger partial charge in [0.2, 0.25) is 0 Å². The van der Waals surface area contributed by atoms with Crippen molar-refractivity contribution in [3.63, 3.8) is 0 Å². The molecule has 4 heteroatoms. The van der Waals surface area contributed by atoms with Crippen LogP contribution in [0.4, 0.5) is 4.39 Å². The summed E-state index contributed by atoms with van der Waals surface area (Å²) in [5.74, 6) is -0.770. The Bertz CT molecular complexity index is 402. The summed E-state index contributed by atoms with van der Waals surface area (Å²) in [7, 11) is 0. The SMILES string of the molecule is Cc1ccc(F)c(C(=O)OCCOCC(C)C)c1. The van der Waals surface area contributed by atoms with Crippen LogP contribution in [0.2, 0.25) is 0 Å². The number of ether oxygens (including phenoxy) is 2. The summed E-state index contributed by atoms with van der Waals surface area (Å²) >= 11 is 0. The van der Waals surface area contributed by atoms with Crippen molar-refractivity contribution in [2.24, 2.45) is 5.92 Å². The number of rotatable bonds is 6. The maximum atomic E-state index is 13.4. The first-order chi connectivity index (χ1) is 8.50. The van der Waals surface area contributed by atoms with Crippen LogP contribution in [0.25, 0.3) is 0 Å². The van der Waals surface area contributed by atoms with Gasteiger partial charge in [0.05, 0.1) is 12.2 Å². The van der Waals surface area contributed by atoms with Gasteiger partial charge in [-0.3, -0.25) is 0 Å². The number of carbonyl (C=O) groups excluding carboxylic acids is 1. The molecule has 0 aromatic heterocycles. The Labute approximate surface area is 107 Å². The molecule has 1 rings (SSSR count). The number of carbonyl (C=O) groups is 1. The average molecular weight is 254 g/mol. The van der Waals surface area contributed by atoms with Gasteiger partial charge in [-0.2, -0.15) is 0 Å². The van der Waals surface area contributed by atoms with Crippen LogP contribution in [0, 0.1) is 18.7 Å². The predicted octanol–water partition coefficient (Wildman–Crippen LogP) is 2.96. The number of hydrogen-bond donors (Lipinski definition) is 0. The summed E-state index contributed by atoms with van der Waals surface area (Å²) in [5.41, 5.74) is 0.790.